The second-order valence-corrected chi connectivity index (χ2v) is 4.84. The number of halogens is 4. The van der Waals surface area contributed by atoms with E-state index < -0.39 is 19.0 Å². The first kappa shape index (κ1) is 17.8. The van der Waals surface area contributed by atoms with Gasteiger partial charge >= 0.3 is 12.3 Å². The Balaban J connectivity index is 2.71. The van der Waals surface area contributed by atoms with E-state index in [0.29, 0.717) is 0 Å². The Kier molecular flexibility index (Phi) is 6.95. The molecule has 21 heavy (non-hydrogen) atoms. The molecule has 1 unspecified atom stereocenters. The van der Waals surface area contributed by atoms with Gasteiger partial charge in [0, 0.05) is 6.04 Å². The number of hydrogen-bond donors (Lipinski definition) is 1. The van der Waals surface area contributed by atoms with Crippen LogP contribution in [0.5, 0.6) is 5.75 Å². The van der Waals surface area contributed by atoms with E-state index in [4.69, 9.17) is 4.74 Å². The molecule has 0 amide bonds. The van der Waals surface area contributed by atoms with E-state index in [1.165, 1.54) is 6.07 Å². The first-order valence-corrected chi connectivity index (χ1v) is 7.02. The average Bonchev–Trinajstić information content (AvgIpc) is 2.46. The molecule has 0 aliphatic heterocycles. The zero-order valence-electron chi connectivity index (χ0n) is 12.2. The van der Waals surface area contributed by atoms with E-state index in [9.17, 15) is 17.6 Å². The van der Waals surface area contributed by atoms with Gasteiger partial charge in [-0.15, -0.1) is 0 Å². The van der Waals surface area contributed by atoms with Gasteiger partial charge in [-0.25, -0.2) is 8.78 Å². The number of rotatable bonds is 9. The van der Waals surface area contributed by atoms with Crippen molar-refractivity contribution in [3.8, 4) is 5.75 Å². The van der Waals surface area contributed by atoms with Crippen molar-refractivity contribution in [1.82, 2.24) is 5.32 Å². The Labute approximate surface area is 122 Å². The highest BCUT2D eigenvalue weighted by Crippen LogP contribution is 2.26. The Hall–Kier alpha value is -1.30. The lowest BCUT2D eigenvalue weighted by Crippen LogP contribution is -2.33. The molecule has 1 atom stereocenters. The number of ether oxygens (including phenoxy) is 1. The number of hydrogen-bond acceptors (Lipinski definition) is 2. The van der Waals surface area contributed by atoms with E-state index in [2.05, 4.69) is 5.32 Å². The molecule has 0 bridgehead atoms. The van der Waals surface area contributed by atoms with Crippen LogP contribution in [-0.2, 0) is 0 Å². The summed E-state index contributed by atoms with van der Waals surface area (Å²) in [5.74, 6) is -3.97. The molecule has 1 aromatic rings. The van der Waals surface area contributed by atoms with Crippen LogP contribution in [0.1, 0.15) is 38.3 Å². The molecule has 0 fully saturated rings. The lowest BCUT2D eigenvalue weighted by Gasteiger charge is -2.19. The van der Waals surface area contributed by atoms with Gasteiger partial charge < -0.3 is 10.1 Å². The van der Waals surface area contributed by atoms with Crippen LogP contribution in [0.3, 0.4) is 0 Å². The van der Waals surface area contributed by atoms with E-state index in [-0.39, 0.29) is 11.8 Å². The largest absolute Gasteiger partial charge is 0.487 e. The van der Waals surface area contributed by atoms with Gasteiger partial charge in [-0.3, -0.25) is 0 Å². The SMILES string of the molecule is CCCNC(CC)c1cccc(OCC(F)(F)C(F)F)c1. The zero-order chi connectivity index (χ0) is 15.9. The normalized spacial score (nSPS) is 13.5. The Bertz CT molecular complexity index is 426. The standard InChI is InChI=1S/C15H21F4NO/c1-3-8-20-13(4-2)11-6-5-7-12(9-11)21-10-15(18,19)14(16)17/h5-7,9,13-14,20H,3-4,8,10H2,1-2H3. The molecule has 1 rings (SSSR count). The second kappa shape index (κ2) is 8.22. The van der Waals surface area contributed by atoms with Gasteiger partial charge in [-0.2, -0.15) is 8.78 Å². The maximum absolute atomic E-state index is 12.8. The summed E-state index contributed by atoms with van der Waals surface area (Å²) >= 11 is 0. The molecule has 0 aliphatic rings. The van der Waals surface area contributed by atoms with Gasteiger partial charge in [0.2, 0.25) is 0 Å². The third kappa shape index (κ3) is 5.53. The van der Waals surface area contributed by atoms with Gasteiger partial charge in [-0.05, 0) is 37.1 Å². The van der Waals surface area contributed by atoms with Gasteiger partial charge in [0.05, 0.1) is 0 Å². The molecule has 2 nitrogen and oxygen atoms in total. The molecular weight excluding hydrogens is 286 g/mol. The fourth-order valence-corrected chi connectivity index (χ4v) is 1.88. The first-order valence-electron chi connectivity index (χ1n) is 7.02. The van der Waals surface area contributed by atoms with Gasteiger partial charge in [0.1, 0.15) is 5.75 Å². The van der Waals surface area contributed by atoms with Crippen molar-refractivity contribution in [2.45, 2.75) is 45.1 Å². The van der Waals surface area contributed by atoms with Crippen LogP contribution in [0.15, 0.2) is 24.3 Å². The first-order chi connectivity index (χ1) is 9.90. The highest BCUT2D eigenvalue weighted by atomic mass is 19.3. The van der Waals surface area contributed by atoms with E-state index in [1.54, 1.807) is 12.1 Å². The summed E-state index contributed by atoms with van der Waals surface area (Å²) in [6.45, 7) is 3.57. The number of nitrogens with one attached hydrogen (secondary N) is 1. The molecule has 0 aromatic heterocycles. The lowest BCUT2D eigenvalue weighted by molar-refractivity contribution is -0.148. The third-order valence-corrected chi connectivity index (χ3v) is 3.06. The molecule has 0 saturated heterocycles. The maximum Gasteiger partial charge on any atom is 0.340 e. The van der Waals surface area contributed by atoms with Crippen molar-refractivity contribution in [1.29, 1.82) is 0 Å². The van der Waals surface area contributed by atoms with Gasteiger partial charge in [0.25, 0.3) is 0 Å². The summed E-state index contributed by atoms with van der Waals surface area (Å²) in [7, 11) is 0. The van der Waals surface area contributed by atoms with Crippen molar-refractivity contribution in [2.75, 3.05) is 13.2 Å². The Morgan fingerprint density at radius 2 is 1.95 bits per heavy atom. The fraction of sp³-hybridized carbons (Fsp3) is 0.600. The predicted molar refractivity (Wildman–Crippen MR) is 74.2 cm³/mol. The molecule has 6 heteroatoms. The van der Waals surface area contributed by atoms with Crippen molar-refractivity contribution in [3.63, 3.8) is 0 Å². The summed E-state index contributed by atoms with van der Waals surface area (Å²) in [5, 5.41) is 3.33. The Morgan fingerprint density at radius 1 is 1.24 bits per heavy atom. The van der Waals surface area contributed by atoms with E-state index in [1.807, 2.05) is 19.9 Å². The van der Waals surface area contributed by atoms with E-state index in [0.717, 1.165) is 24.9 Å². The van der Waals surface area contributed by atoms with Crippen LogP contribution in [0.2, 0.25) is 0 Å². The quantitative estimate of drug-likeness (QED) is 0.682. The minimum absolute atomic E-state index is 0.0871. The topological polar surface area (TPSA) is 21.3 Å². The molecular formula is C15H21F4NO. The van der Waals surface area contributed by atoms with Crippen LogP contribution >= 0.6 is 0 Å². The van der Waals surface area contributed by atoms with Gasteiger partial charge in [-0.1, -0.05) is 26.0 Å². The molecule has 0 radical (unpaired) electrons. The van der Waals surface area contributed by atoms with Crippen LogP contribution in [0, 0.1) is 0 Å². The number of benzene rings is 1. The monoisotopic (exact) mass is 307 g/mol. The predicted octanol–water partition coefficient (Wildman–Crippen LogP) is 4.42. The van der Waals surface area contributed by atoms with E-state index >= 15 is 0 Å². The van der Waals surface area contributed by atoms with Crippen LogP contribution in [-0.4, -0.2) is 25.5 Å². The van der Waals surface area contributed by atoms with Crippen molar-refractivity contribution in [3.05, 3.63) is 29.8 Å². The van der Waals surface area contributed by atoms with Crippen LogP contribution in [0.25, 0.3) is 0 Å². The number of alkyl halides is 4. The van der Waals surface area contributed by atoms with Crippen molar-refractivity contribution >= 4 is 0 Å². The lowest BCUT2D eigenvalue weighted by atomic mass is 10.0. The summed E-state index contributed by atoms with van der Waals surface area (Å²) in [5.41, 5.74) is 0.892. The van der Waals surface area contributed by atoms with Crippen LogP contribution in [0.4, 0.5) is 17.6 Å². The zero-order valence-corrected chi connectivity index (χ0v) is 12.2. The minimum atomic E-state index is -4.14. The fourth-order valence-electron chi connectivity index (χ4n) is 1.88. The molecule has 0 heterocycles. The molecule has 1 aromatic carbocycles. The highest BCUT2D eigenvalue weighted by Gasteiger charge is 2.41. The summed E-state index contributed by atoms with van der Waals surface area (Å²) in [6, 6.07) is 6.70. The second-order valence-electron chi connectivity index (χ2n) is 4.84. The van der Waals surface area contributed by atoms with Gasteiger partial charge in [0.15, 0.2) is 6.61 Å². The molecule has 0 saturated carbocycles. The Morgan fingerprint density at radius 3 is 2.52 bits per heavy atom. The molecule has 120 valence electrons. The average molecular weight is 307 g/mol. The summed E-state index contributed by atoms with van der Waals surface area (Å²) in [4.78, 5) is 0. The summed E-state index contributed by atoms with van der Waals surface area (Å²) < 4.78 is 54.6. The maximum atomic E-state index is 12.8. The summed E-state index contributed by atoms with van der Waals surface area (Å²) in [6.07, 6.45) is -1.92. The van der Waals surface area contributed by atoms with Crippen molar-refractivity contribution < 1.29 is 22.3 Å². The molecule has 0 spiro atoms. The highest BCUT2D eigenvalue weighted by molar-refractivity contribution is 5.30. The molecule has 0 aliphatic carbocycles. The molecule has 1 N–H and O–H groups in total. The minimum Gasteiger partial charge on any atom is -0.487 e. The smallest absolute Gasteiger partial charge is 0.340 e. The van der Waals surface area contributed by atoms with Crippen molar-refractivity contribution in [2.24, 2.45) is 0 Å². The van der Waals surface area contributed by atoms with Crippen LogP contribution < -0.4 is 10.1 Å². The third-order valence-electron chi connectivity index (χ3n) is 3.06.